The highest BCUT2D eigenvalue weighted by atomic mass is 19.3. The maximum Gasteiger partial charge on any atom is 0.387 e. The molecule has 0 heterocycles. The first kappa shape index (κ1) is 16.1. The summed E-state index contributed by atoms with van der Waals surface area (Å²) in [5, 5.41) is 5.43. The number of nitrogens with one attached hydrogen (secondary N) is 1. The number of benzene rings is 3. The van der Waals surface area contributed by atoms with Crippen LogP contribution in [-0.4, -0.2) is 13.7 Å². The van der Waals surface area contributed by atoms with Crippen molar-refractivity contribution in [1.29, 1.82) is 0 Å². The first-order valence-electron chi connectivity index (χ1n) is 7.49. The molecule has 1 N–H and O–H groups in total. The van der Waals surface area contributed by atoms with Crippen molar-refractivity contribution in [3.63, 3.8) is 0 Å². The van der Waals surface area contributed by atoms with Crippen LogP contribution in [-0.2, 0) is 6.54 Å². The third kappa shape index (κ3) is 3.93. The van der Waals surface area contributed by atoms with E-state index in [2.05, 4.69) is 16.1 Å². The molecule has 3 nitrogen and oxygen atoms in total. The summed E-state index contributed by atoms with van der Waals surface area (Å²) in [5.74, 6) is 0.963. The minimum atomic E-state index is -2.82. The van der Waals surface area contributed by atoms with E-state index in [0.29, 0.717) is 6.54 Å². The Morgan fingerprint density at radius 2 is 1.71 bits per heavy atom. The van der Waals surface area contributed by atoms with Crippen molar-refractivity contribution < 1.29 is 18.3 Å². The number of fused-ring (bicyclic) bond motifs is 1. The van der Waals surface area contributed by atoms with E-state index < -0.39 is 6.61 Å². The number of anilines is 1. The predicted molar refractivity (Wildman–Crippen MR) is 90.9 cm³/mol. The fraction of sp³-hybridized carbons (Fsp3) is 0.158. The van der Waals surface area contributed by atoms with E-state index in [4.69, 9.17) is 4.74 Å². The second-order valence-corrected chi connectivity index (χ2v) is 5.31. The van der Waals surface area contributed by atoms with E-state index >= 15 is 0 Å². The molecule has 0 fully saturated rings. The van der Waals surface area contributed by atoms with Crippen molar-refractivity contribution >= 4 is 16.5 Å². The average molecular weight is 329 g/mol. The van der Waals surface area contributed by atoms with Crippen molar-refractivity contribution in [2.45, 2.75) is 13.2 Å². The zero-order chi connectivity index (χ0) is 16.9. The van der Waals surface area contributed by atoms with Crippen molar-refractivity contribution in [2.75, 3.05) is 12.4 Å². The lowest BCUT2D eigenvalue weighted by molar-refractivity contribution is -0.0498. The van der Waals surface area contributed by atoms with Gasteiger partial charge >= 0.3 is 6.61 Å². The highest BCUT2D eigenvalue weighted by Gasteiger charge is 2.05. The largest absolute Gasteiger partial charge is 0.497 e. The topological polar surface area (TPSA) is 30.5 Å². The molecule has 124 valence electrons. The van der Waals surface area contributed by atoms with E-state index in [1.54, 1.807) is 19.2 Å². The number of alkyl halides is 2. The molecule has 3 aromatic carbocycles. The van der Waals surface area contributed by atoms with Gasteiger partial charge < -0.3 is 14.8 Å². The zero-order valence-corrected chi connectivity index (χ0v) is 13.1. The van der Waals surface area contributed by atoms with E-state index in [-0.39, 0.29) is 5.75 Å². The van der Waals surface area contributed by atoms with Gasteiger partial charge in [-0.25, -0.2) is 0 Å². The predicted octanol–water partition coefficient (Wildman–Crippen LogP) is 5.06. The highest BCUT2D eigenvalue weighted by molar-refractivity contribution is 5.84. The summed E-state index contributed by atoms with van der Waals surface area (Å²) in [6, 6.07) is 18.6. The number of hydrogen-bond donors (Lipinski definition) is 1. The van der Waals surface area contributed by atoms with Crippen LogP contribution >= 0.6 is 0 Å². The summed E-state index contributed by atoms with van der Waals surface area (Å²) < 4.78 is 34.1. The van der Waals surface area contributed by atoms with Gasteiger partial charge in [-0.05, 0) is 46.7 Å². The van der Waals surface area contributed by atoms with Crippen LogP contribution in [0, 0.1) is 0 Å². The number of ether oxygens (including phenoxy) is 2. The minimum Gasteiger partial charge on any atom is -0.497 e. The first-order chi connectivity index (χ1) is 11.6. The monoisotopic (exact) mass is 329 g/mol. The quantitative estimate of drug-likeness (QED) is 0.685. The van der Waals surface area contributed by atoms with Gasteiger partial charge in [0, 0.05) is 18.3 Å². The third-order valence-corrected chi connectivity index (χ3v) is 3.67. The summed E-state index contributed by atoms with van der Waals surface area (Å²) in [5.41, 5.74) is 1.82. The molecule has 0 amide bonds. The Morgan fingerprint density at radius 3 is 2.50 bits per heavy atom. The van der Waals surface area contributed by atoms with Gasteiger partial charge in [-0.15, -0.1) is 0 Å². The van der Waals surface area contributed by atoms with Gasteiger partial charge in [0.05, 0.1) is 7.11 Å². The Bertz CT molecular complexity index is 836. The molecular formula is C19H17F2NO2. The summed E-state index contributed by atoms with van der Waals surface area (Å²) in [7, 11) is 1.64. The fourth-order valence-corrected chi connectivity index (χ4v) is 2.50. The van der Waals surface area contributed by atoms with E-state index in [9.17, 15) is 8.78 Å². The van der Waals surface area contributed by atoms with Gasteiger partial charge in [0.1, 0.15) is 11.5 Å². The normalized spacial score (nSPS) is 10.8. The summed E-state index contributed by atoms with van der Waals surface area (Å²) in [6.07, 6.45) is 0. The molecule has 0 radical (unpaired) electrons. The Morgan fingerprint density at radius 1 is 0.917 bits per heavy atom. The molecule has 24 heavy (non-hydrogen) atoms. The van der Waals surface area contributed by atoms with Gasteiger partial charge in [-0.3, -0.25) is 0 Å². The van der Waals surface area contributed by atoms with Crippen LogP contribution in [0.15, 0.2) is 60.7 Å². The molecule has 0 bridgehead atoms. The SMILES string of the molecule is COc1ccc2cc(CNc3cccc(OC(F)F)c3)ccc2c1. The lowest BCUT2D eigenvalue weighted by Crippen LogP contribution is -2.03. The fourth-order valence-electron chi connectivity index (χ4n) is 2.50. The smallest absolute Gasteiger partial charge is 0.387 e. The summed E-state index contributed by atoms with van der Waals surface area (Å²) in [4.78, 5) is 0. The Kier molecular flexibility index (Phi) is 4.79. The molecule has 3 rings (SSSR count). The number of methoxy groups -OCH3 is 1. The van der Waals surface area contributed by atoms with E-state index in [1.165, 1.54) is 6.07 Å². The maximum absolute atomic E-state index is 12.3. The van der Waals surface area contributed by atoms with Crippen LogP contribution in [0.5, 0.6) is 11.5 Å². The molecule has 0 saturated heterocycles. The lowest BCUT2D eigenvalue weighted by Gasteiger charge is -2.10. The second-order valence-electron chi connectivity index (χ2n) is 5.31. The van der Waals surface area contributed by atoms with Crippen molar-refractivity contribution in [3.8, 4) is 11.5 Å². The minimum absolute atomic E-state index is 0.139. The number of rotatable bonds is 6. The van der Waals surface area contributed by atoms with Gasteiger partial charge in [-0.2, -0.15) is 8.78 Å². The molecule has 0 atom stereocenters. The van der Waals surface area contributed by atoms with E-state index in [1.807, 2.05) is 36.4 Å². The molecule has 5 heteroatoms. The van der Waals surface area contributed by atoms with Crippen LogP contribution in [0.4, 0.5) is 14.5 Å². The molecule has 0 spiro atoms. The van der Waals surface area contributed by atoms with Gasteiger partial charge in [-0.1, -0.05) is 24.3 Å². The van der Waals surface area contributed by atoms with Crippen LogP contribution < -0.4 is 14.8 Å². The Hall–Kier alpha value is -2.82. The molecule has 0 aliphatic heterocycles. The van der Waals surface area contributed by atoms with Crippen LogP contribution in [0.3, 0.4) is 0 Å². The Balaban J connectivity index is 1.71. The molecule has 3 aromatic rings. The summed E-state index contributed by atoms with van der Waals surface area (Å²) in [6.45, 7) is -2.24. The zero-order valence-electron chi connectivity index (χ0n) is 13.1. The molecule has 0 unspecified atom stereocenters. The van der Waals surface area contributed by atoms with Crippen molar-refractivity contribution in [2.24, 2.45) is 0 Å². The molecule has 0 aromatic heterocycles. The second kappa shape index (κ2) is 7.17. The van der Waals surface area contributed by atoms with E-state index in [0.717, 1.165) is 27.8 Å². The number of halogens is 2. The Labute approximate surface area is 138 Å². The average Bonchev–Trinajstić information content (AvgIpc) is 2.59. The molecule has 0 saturated carbocycles. The van der Waals surface area contributed by atoms with Crippen LogP contribution in [0.1, 0.15) is 5.56 Å². The van der Waals surface area contributed by atoms with Gasteiger partial charge in [0.2, 0.25) is 0 Å². The van der Waals surface area contributed by atoms with Crippen LogP contribution in [0.25, 0.3) is 10.8 Å². The molecule has 0 aliphatic carbocycles. The highest BCUT2D eigenvalue weighted by Crippen LogP contribution is 2.23. The third-order valence-electron chi connectivity index (χ3n) is 3.67. The molecule has 0 aliphatic rings. The van der Waals surface area contributed by atoms with Crippen molar-refractivity contribution in [3.05, 3.63) is 66.2 Å². The van der Waals surface area contributed by atoms with Gasteiger partial charge in [0.25, 0.3) is 0 Å². The lowest BCUT2D eigenvalue weighted by atomic mass is 10.1. The summed E-state index contributed by atoms with van der Waals surface area (Å²) >= 11 is 0. The first-order valence-corrected chi connectivity index (χ1v) is 7.49. The standard InChI is InChI=1S/C19H17F2NO2/c1-23-17-8-7-14-9-13(5-6-15(14)10-17)12-22-16-3-2-4-18(11-16)24-19(20)21/h2-11,19,22H,12H2,1H3. The number of hydrogen-bond acceptors (Lipinski definition) is 3. The molecular weight excluding hydrogens is 312 g/mol. The van der Waals surface area contributed by atoms with Crippen LogP contribution in [0.2, 0.25) is 0 Å². The van der Waals surface area contributed by atoms with Crippen molar-refractivity contribution in [1.82, 2.24) is 0 Å². The maximum atomic E-state index is 12.3. The van der Waals surface area contributed by atoms with Gasteiger partial charge in [0.15, 0.2) is 0 Å².